The number of nitrogens with zero attached hydrogens (tertiary/aromatic N) is 3. The zero-order valence-corrected chi connectivity index (χ0v) is 19.9. The van der Waals surface area contributed by atoms with Gasteiger partial charge in [-0.2, -0.15) is 18.2 Å². The summed E-state index contributed by atoms with van der Waals surface area (Å²) in [7, 11) is 0. The summed E-state index contributed by atoms with van der Waals surface area (Å²) in [6, 6.07) is 5.50. The highest BCUT2D eigenvalue weighted by Crippen LogP contribution is 2.35. The maximum absolute atomic E-state index is 13.5. The van der Waals surface area contributed by atoms with Gasteiger partial charge in [-0.15, -0.1) is 0 Å². The van der Waals surface area contributed by atoms with E-state index in [1.54, 1.807) is 24.8 Å². The number of nitrogens with one attached hydrogen (secondary N) is 3. The molecule has 2 aromatic rings. The van der Waals surface area contributed by atoms with Gasteiger partial charge < -0.3 is 26.0 Å². The summed E-state index contributed by atoms with van der Waals surface area (Å²) in [6.45, 7) is 5.68. The molecule has 1 aromatic carbocycles. The molecule has 4 rings (SSSR count). The van der Waals surface area contributed by atoms with Crippen molar-refractivity contribution in [2.45, 2.75) is 63.9 Å². The van der Waals surface area contributed by atoms with E-state index in [0.29, 0.717) is 38.0 Å². The fraction of sp³-hybridized carbons (Fsp3) is 0.542. The topological polar surface area (TPSA) is 102 Å². The van der Waals surface area contributed by atoms with Crippen LogP contribution >= 0.6 is 0 Å². The molecule has 190 valence electrons. The Morgan fingerprint density at radius 1 is 1.23 bits per heavy atom. The molecule has 1 saturated heterocycles. The lowest BCUT2D eigenvalue weighted by molar-refractivity contribution is -0.137. The van der Waals surface area contributed by atoms with Crippen molar-refractivity contribution in [2.75, 3.05) is 30.3 Å². The quantitative estimate of drug-likeness (QED) is 0.490. The smallest absolute Gasteiger partial charge is 0.390 e. The van der Waals surface area contributed by atoms with Crippen LogP contribution in [-0.2, 0) is 23.9 Å². The van der Waals surface area contributed by atoms with Crippen LogP contribution in [0.5, 0.6) is 0 Å². The first-order valence-corrected chi connectivity index (χ1v) is 11.8. The van der Waals surface area contributed by atoms with Crippen LogP contribution in [0.25, 0.3) is 0 Å². The van der Waals surface area contributed by atoms with Gasteiger partial charge in [0.15, 0.2) is 0 Å². The van der Waals surface area contributed by atoms with Gasteiger partial charge in [0, 0.05) is 31.0 Å². The number of alkyl halides is 3. The van der Waals surface area contributed by atoms with E-state index >= 15 is 0 Å². The molecule has 3 heterocycles. The van der Waals surface area contributed by atoms with Crippen LogP contribution < -0.4 is 16.0 Å². The van der Waals surface area contributed by atoms with E-state index in [1.807, 2.05) is 12.1 Å². The second-order valence-electron chi connectivity index (χ2n) is 9.79. The van der Waals surface area contributed by atoms with Gasteiger partial charge in [0.1, 0.15) is 11.4 Å². The van der Waals surface area contributed by atoms with Gasteiger partial charge >= 0.3 is 6.18 Å². The molecule has 0 saturated carbocycles. The molecule has 35 heavy (non-hydrogen) atoms. The average Bonchev–Trinajstić information content (AvgIpc) is 2.77. The summed E-state index contributed by atoms with van der Waals surface area (Å²) in [5.74, 6) is -0.245. The molecule has 0 atom stereocenters. The molecule has 1 aromatic heterocycles. The first kappa shape index (κ1) is 25.2. The maximum Gasteiger partial charge on any atom is 0.421 e. The number of anilines is 3. The van der Waals surface area contributed by atoms with Crippen LogP contribution in [0.2, 0.25) is 0 Å². The van der Waals surface area contributed by atoms with Crippen molar-refractivity contribution in [2.24, 2.45) is 0 Å². The van der Waals surface area contributed by atoms with E-state index in [0.717, 1.165) is 30.4 Å². The van der Waals surface area contributed by atoms with E-state index < -0.39 is 17.3 Å². The van der Waals surface area contributed by atoms with E-state index in [2.05, 4.69) is 25.9 Å². The second-order valence-corrected chi connectivity index (χ2v) is 9.79. The number of hydrogen-bond donors (Lipinski definition) is 4. The summed E-state index contributed by atoms with van der Waals surface area (Å²) in [6.07, 6.45) is -1.63. The summed E-state index contributed by atoms with van der Waals surface area (Å²) in [5, 5.41) is 19.1. The minimum Gasteiger partial charge on any atom is -0.390 e. The molecule has 2 aliphatic heterocycles. The normalized spacial score (nSPS) is 17.1. The van der Waals surface area contributed by atoms with Crippen molar-refractivity contribution in [1.29, 1.82) is 0 Å². The SMILES string of the molecule is CC(C)(O)CC(=O)N1CCc2cc(Nc3ncc(C(F)(F)F)c(NC4CCNCC4)n3)ccc2C1. The molecule has 2 aliphatic rings. The number of fused-ring (bicyclic) bond motifs is 1. The van der Waals surface area contributed by atoms with Gasteiger partial charge in [-0.3, -0.25) is 4.79 Å². The molecule has 0 aliphatic carbocycles. The highest BCUT2D eigenvalue weighted by atomic mass is 19.4. The zero-order valence-electron chi connectivity index (χ0n) is 19.9. The minimum absolute atomic E-state index is 0.0565. The zero-order chi connectivity index (χ0) is 25.2. The highest BCUT2D eigenvalue weighted by molar-refractivity contribution is 5.77. The Labute approximate surface area is 202 Å². The number of aliphatic hydroxyl groups is 1. The molecular formula is C24H31F3N6O2. The summed E-state index contributed by atoms with van der Waals surface area (Å²) < 4.78 is 40.6. The molecular weight excluding hydrogens is 461 g/mol. The van der Waals surface area contributed by atoms with Gasteiger partial charge in [-0.05, 0) is 69.5 Å². The highest BCUT2D eigenvalue weighted by Gasteiger charge is 2.36. The van der Waals surface area contributed by atoms with E-state index in [9.17, 15) is 23.1 Å². The molecule has 0 unspecified atom stereocenters. The average molecular weight is 493 g/mol. The van der Waals surface area contributed by atoms with E-state index in [4.69, 9.17) is 0 Å². The Morgan fingerprint density at radius 3 is 2.66 bits per heavy atom. The third-order valence-corrected chi connectivity index (χ3v) is 6.19. The Bertz CT molecular complexity index is 1060. The molecule has 1 fully saturated rings. The monoisotopic (exact) mass is 492 g/mol. The van der Waals surface area contributed by atoms with Gasteiger partial charge in [0.25, 0.3) is 0 Å². The number of benzene rings is 1. The lowest BCUT2D eigenvalue weighted by Gasteiger charge is -2.31. The largest absolute Gasteiger partial charge is 0.421 e. The number of rotatable bonds is 6. The Kier molecular flexibility index (Phi) is 7.18. The first-order chi connectivity index (χ1) is 16.5. The van der Waals surface area contributed by atoms with Crippen LogP contribution in [0.15, 0.2) is 24.4 Å². The second kappa shape index (κ2) is 9.98. The fourth-order valence-electron chi connectivity index (χ4n) is 4.37. The van der Waals surface area contributed by atoms with Crippen LogP contribution in [0, 0.1) is 0 Å². The van der Waals surface area contributed by atoms with Gasteiger partial charge in [0.2, 0.25) is 11.9 Å². The number of piperidine rings is 1. The fourth-order valence-corrected chi connectivity index (χ4v) is 4.37. The Hall–Kier alpha value is -2.92. The van der Waals surface area contributed by atoms with Crippen LogP contribution in [-0.4, -0.2) is 57.2 Å². The number of carbonyl (C=O) groups is 1. The third kappa shape index (κ3) is 6.61. The van der Waals surface area contributed by atoms with Crippen molar-refractivity contribution in [1.82, 2.24) is 20.2 Å². The molecule has 0 spiro atoms. The molecule has 0 bridgehead atoms. The lowest BCUT2D eigenvalue weighted by atomic mass is 9.97. The number of aromatic nitrogens is 2. The lowest BCUT2D eigenvalue weighted by Crippen LogP contribution is -2.39. The van der Waals surface area contributed by atoms with Crippen LogP contribution in [0.1, 0.15) is 49.8 Å². The number of amides is 1. The molecule has 0 radical (unpaired) electrons. The summed E-state index contributed by atoms with van der Waals surface area (Å²) in [5.41, 5.74) is 0.749. The number of halogens is 3. The van der Waals surface area contributed by atoms with E-state index in [1.165, 1.54) is 0 Å². The van der Waals surface area contributed by atoms with Crippen molar-refractivity contribution < 1.29 is 23.1 Å². The molecule has 8 nitrogen and oxygen atoms in total. The number of hydrogen-bond acceptors (Lipinski definition) is 7. The van der Waals surface area contributed by atoms with Crippen molar-refractivity contribution in [3.8, 4) is 0 Å². The number of carbonyl (C=O) groups excluding carboxylic acids is 1. The predicted molar refractivity (Wildman–Crippen MR) is 126 cm³/mol. The first-order valence-electron chi connectivity index (χ1n) is 11.8. The van der Waals surface area contributed by atoms with Crippen molar-refractivity contribution >= 4 is 23.4 Å². The maximum atomic E-state index is 13.5. The van der Waals surface area contributed by atoms with Crippen molar-refractivity contribution in [3.63, 3.8) is 0 Å². The van der Waals surface area contributed by atoms with Gasteiger partial charge in [0.05, 0.1) is 12.0 Å². The molecule has 11 heteroatoms. The summed E-state index contributed by atoms with van der Waals surface area (Å²) >= 11 is 0. The minimum atomic E-state index is -4.56. The van der Waals surface area contributed by atoms with Gasteiger partial charge in [-0.1, -0.05) is 6.07 Å². The van der Waals surface area contributed by atoms with Crippen LogP contribution in [0.4, 0.5) is 30.6 Å². The van der Waals surface area contributed by atoms with Gasteiger partial charge in [-0.25, -0.2) is 4.98 Å². The van der Waals surface area contributed by atoms with Crippen molar-refractivity contribution in [3.05, 3.63) is 41.1 Å². The molecule has 1 amide bonds. The predicted octanol–water partition coefficient (Wildman–Crippen LogP) is 3.45. The van der Waals surface area contributed by atoms with E-state index in [-0.39, 0.29) is 30.1 Å². The summed E-state index contributed by atoms with van der Waals surface area (Å²) in [4.78, 5) is 22.2. The standard InChI is InChI=1S/C24H31F3N6O2/c1-23(2,35)12-20(34)33-10-7-15-11-18(4-3-16(15)14-33)31-22-29-13-19(24(25,26)27)21(32-22)30-17-5-8-28-9-6-17/h3-4,11,13,17,28,35H,5-10,12,14H2,1-2H3,(H2,29,30,31,32). The Morgan fingerprint density at radius 2 is 1.97 bits per heavy atom. The Balaban J connectivity index is 1.48. The van der Waals surface area contributed by atoms with Crippen LogP contribution in [0.3, 0.4) is 0 Å². The molecule has 4 N–H and O–H groups in total. The third-order valence-electron chi connectivity index (χ3n) is 6.19.